The highest BCUT2D eigenvalue weighted by Crippen LogP contribution is 2.20. The highest BCUT2D eigenvalue weighted by atomic mass is 16.3. The molecule has 0 unspecified atom stereocenters. The van der Waals surface area contributed by atoms with Crippen molar-refractivity contribution in [3.63, 3.8) is 0 Å². The fourth-order valence-corrected chi connectivity index (χ4v) is 2.89. The monoisotopic (exact) mass is 307 g/mol. The van der Waals surface area contributed by atoms with Crippen LogP contribution in [0, 0.1) is 12.8 Å². The Labute approximate surface area is 133 Å². The van der Waals surface area contributed by atoms with Crippen molar-refractivity contribution in [2.75, 3.05) is 40.3 Å². The molecule has 1 saturated heterocycles. The summed E-state index contributed by atoms with van der Waals surface area (Å²) >= 11 is 0. The summed E-state index contributed by atoms with van der Waals surface area (Å²) in [5.41, 5.74) is 0. The van der Waals surface area contributed by atoms with Crippen molar-refractivity contribution in [1.82, 2.24) is 15.1 Å². The second-order valence-electron chi connectivity index (χ2n) is 6.51. The lowest BCUT2D eigenvalue weighted by molar-refractivity contribution is -0.126. The van der Waals surface area contributed by atoms with Crippen molar-refractivity contribution in [1.29, 1.82) is 0 Å². The van der Waals surface area contributed by atoms with Gasteiger partial charge in [0.25, 0.3) is 0 Å². The highest BCUT2D eigenvalue weighted by Gasteiger charge is 2.25. The normalized spacial score (nSPS) is 17.1. The summed E-state index contributed by atoms with van der Waals surface area (Å²) in [5.74, 6) is 2.38. The SMILES string of the molecule is Cc1ccc(CN2CCC(C(=O)NCCCN(C)C)CC2)o1. The summed E-state index contributed by atoms with van der Waals surface area (Å²) in [5, 5.41) is 3.07. The summed E-state index contributed by atoms with van der Waals surface area (Å²) < 4.78 is 5.62. The van der Waals surface area contributed by atoms with Crippen LogP contribution in [0.15, 0.2) is 16.5 Å². The summed E-state index contributed by atoms with van der Waals surface area (Å²) in [6, 6.07) is 4.04. The molecule has 1 N–H and O–H groups in total. The number of amides is 1. The molecule has 0 radical (unpaired) electrons. The van der Waals surface area contributed by atoms with Crippen molar-refractivity contribution in [2.24, 2.45) is 5.92 Å². The van der Waals surface area contributed by atoms with Gasteiger partial charge < -0.3 is 14.6 Å². The number of likely N-dealkylation sites (tertiary alicyclic amines) is 1. The number of hydrogen-bond acceptors (Lipinski definition) is 4. The number of carbonyl (C=O) groups excluding carboxylic acids is 1. The molecule has 1 aromatic heterocycles. The maximum absolute atomic E-state index is 12.1. The van der Waals surface area contributed by atoms with Gasteiger partial charge >= 0.3 is 0 Å². The van der Waals surface area contributed by atoms with E-state index in [0.29, 0.717) is 0 Å². The molecular weight excluding hydrogens is 278 g/mol. The fraction of sp³-hybridized carbons (Fsp3) is 0.706. The molecule has 0 spiro atoms. The molecule has 1 aliphatic heterocycles. The van der Waals surface area contributed by atoms with Crippen molar-refractivity contribution in [3.8, 4) is 0 Å². The molecule has 0 aliphatic carbocycles. The second kappa shape index (κ2) is 8.34. The van der Waals surface area contributed by atoms with E-state index >= 15 is 0 Å². The molecule has 0 bridgehead atoms. The van der Waals surface area contributed by atoms with Gasteiger partial charge in [-0.1, -0.05) is 0 Å². The maximum Gasteiger partial charge on any atom is 0.223 e. The van der Waals surface area contributed by atoms with Crippen molar-refractivity contribution < 1.29 is 9.21 Å². The second-order valence-corrected chi connectivity index (χ2v) is 6.51. The Bertz CT molecular complexity index is 462. The van der Waals surface area contributed by atoms with Gasteiger partial charge in [-0.2, -0.15) is 0 Å². The average molecular weight is 307 g/mol. The Morgan fingerprint density at radius 1 is 1.36 bits per heavy atom. The zero-order valence-electron chi connectivity index (χ0n) is 14.1. The average Bonchev–Trinajstić information content (AvgIpc) is 2.89. The number of nitrogens with zero attached hydrogens (tertiary/aromatic N) is 2. The molecule has 5 heteroatoms. The van der Waals surface area contributed by atoms with Crippen LogP contribution in [-0.2, 0) is 11.3 Å². The van der Waals surface area contributed by atoms with E-state index < -0.39 is 0 Å². The van der Waals surface area contributed by atoms with Gasteiger partial charge in [0, 0.05) is 12.5 Å². The number of aryl methyl sites for hydroxylation is 1. The first-order valence-electron chi connectivity index (χ1n) is 8.24. The van der Waals surface area contributed by atoms with Gasteiger partial charge in [0.2, 0.25) is 5.91 Å². The van der Waals surface area contributed by atoms with Gasteiger partial charge in [-0.25, -0.2) is 0 Å². The summed E-state index contributed by atoms with van der Waals surface area (Å²) in [4.78, 5) is 16.7. The van der Waals surface area contributed by atoms with Gasteiger partial charge in [0.15, 0.2) is 0 Å². The zero-order valence-corrected chi connectivity index (χ0v) is 14.1. The molecule has 0 aromatic carbocycles. The maximum atomic E-state index is 12.1. The molecule has 0 saturated carbocycles. The minimum Gasteiger partial charge on any atom is -0.465 e. The Kier molecular flexibility index (Phi) is 6.46. The van der Waals surface area contributed by atoms with Gasteiger partial charge in [-0.05, 0) is 72.0 Å². The van der Waals surface area contributed by atoms with Crippen LogP contribution in [0.5, 0.6) is 0 Å². The van der Waals surface area contributed by atoms with E-state index in [1.807, 2.05) is 19.1 Å². The van der Waals surface area contributed by atoms with E-state index in [4.69, 9.17) is 4.42 Å². The van der Waals surface area contributed by atoms with Gasteiger partial charge in [0.05, 0.1) is 6.54 Å². The predicted octanol–water partition coefficient (Wildman–Crippen LogP) is 1.87. The Morgan fingerprint density at radius 2 is 2.09 bits per heavy atom. The quantitative estimate of drug-likeness (QED) is 0.781. The van der Waals surface area contributed by atoms with Gasteiger partial charge in [-0.15, -0.1) is 0 Å². The van der Waals surface area contributed by atoms with Crippen LogP contribution in [0.2, 0.25) is 0 Å². The van der Waals surface area contributed by atoms with E-state index in [9.17, 15) is 4.79 Å². The molecule has 1 aliphatic rings. The van der Waals surface area contributed by atoms with Crippen LogP contribution in [-0.4, -0.2) is 56.0 Å². The first-order valence-corrected chi connectivity index (χ1v) is 8.24. The number of piperidine rings is 1. The number of nitrogens with one attached hydrogen (secondary N) is 1. The fourth-order valence-electron chi connectivity index (χ4n) is 2.89. The molecule has 5 nitrogen and oxygen atoms in total. The molecule has 2 rings (SSSR count). The molecule has 0 atom stereocenters. The third-order valence-electron chi connectivity index (χ3n) is 4.22. The van der Waals surface area contributed by atoms with E-state index in [0.717, 1.165) is 63.5 Å². The molecule has 124 valence electrons. The first-order chi connectivity index (χ1) is 10.5. The Hall–Kier alpha value is -1.33. The minimum absolute atomic E-state index is 0.175. The number of carbonyl (C=O) groups is 1. The zero-order chi connectivity index (χ0) is 15.9. The van der Waals surface area contributed by atoms with Crippen LogP contribution in [0.4, 0.5) is 0 Å². The molecule has 2 heterocycles. The van der Waals surface area contributed by atoms with Gasteiger partial charge in [-0.3, -0.25) is 9.69 Å². The van der Waals surface area contributed by atoms with Crippen molar-refractivity contribution in [2.45, 2.75) is 32.7 Å². The summed E-state index contributed by atoms with van der Waals surface area (Å²) in [6.45, 7) is 6.55. The van der Waals surface area contributed by atoms with Crippen LogP contribution in [0.3, 0.4) is 0 Å². The first kappa shape index (κ1) is 17.0. The summed E-state index contributed by atoms with van der Waals surface area (Å²) in [7, 11) is 4.11. The number of rotatable bonds is 7. The van der Waals surface area contributed by atoms with E-state index in [1.54, 1.807) is 0 Å². The molecular formula is C17H29N3O2. The van der Waals surface area contributed by atoms with E-state index in [1.165, 1.54) is 0 Å². The third kappa shape index (κ3) is 5.46. The predicted molar refractivity (Wildman–Crippen MR) is 87.6 cm³/mol. The largest absolute Gasteiger partial charge is 0.465 e. The number of furan rings is 1. The van der Waals surface area contributed by atoms with E-state index in [2.05, 4.69) is 29.2 Å². The lowest BCUT2D eigenvalue weighted by atomic mass is 9.96. The molecule has 22 heavy (non-hydrogen) atoms. The van der Waals surface area contributed by atoms with Crippen LogP contribution in [0.25, 0.3) is 0 Å². The van der Waals surface area contributed by atoms with E-state index in [-0.39, 0.29) is 11.8 Å². The molecule has 1 aromatic rings. The Morgan fingerprint density at radius 3 is 2.68 bits per heavy atom. The summed E-state index contributed by atoms with van der Waals surface area (Å²) in [6.07, 6.45) is 2.90. The highest BCUT2D eigenvalue weighted by molar-refractivity contribution is 5.78. The van der Waals surface area contributed by atoms with Crippen LogP contribution in [0.1, 0.15) is 30.8 Å². The topological polar surface area (TPSA) is 48.7 Å². The standard InChI is InChI=1S/C17H29N3O2/c1-14-5-6-16(22-14)13-20-11-7-15(8-12-20)17(21)18-9-4-10-19(2)3/h5-6,15H,4,7-13H2,1-3H3,(H,18,21). The van der Waals surface area contributed by atoms with Crippen molar-refractivity contribution >= 4 is 5.91 Å². The lowest BCUT2D eigenvalue weighted by Crippen LogP contribution is -2.40. The smallest absolute Gasteiger partial charge is 0.223 e. The minimum atomic E-state index is 0.175. The van der Waals surface area contributed by atoms with Crippen LogP contribution < -0.4 is 5.32 Å². The lowest BCUT2D eigenvalue weighted by Gasteiger charge is -2.30. The van der Waals surface area contributed by atoms with Crippen LogP contribution >= 0.6 is 0 Å². The van der Waals surface area contributed by atoms with Crippen molar-refractivity contribution in [3.05, 3.63) is 23.7 Å². The third-order valence-corrected chi connectivity index (χ3v) is 4.22. The Balaban J connectivity index is 1.64. The molecule has 1 amide bonds. The van der Waals surface area contributed by atoms with Gasteiger partial charge in [0.1, 0.15) is 11.5 Å². The molecule has 1 fully saturated rings. The number of hydrogen-bond donors (Lipinski definition) is 1.